The summed E-state index contributed by atoms with van der Waals surface area (Å²) >= 11 is 6.09. The smallest absolute Gasteiger partial charge is 0.123 e. The molecule has 100 valence electrons. The monoisotopic (exact) mass is 278 g/mol. The van der Waals surface area contributed by atoms with Crippen LogP contribution in [0.4, 0.5) is 4.39 Å². The zero-order valence-corrected chi connectivity index (χ0v) is 11.4. The Kier molecular flexibility index (Phi) is 4.53. The third kappa shape index (κ3) is 3.32. The molecule has 0 spiro atoms. The van der Waals surface area contributed by atoms with Gasteiger partial charge in [0, 0.05) is 5.02 Å². The molecule has 4 heteroatoms. The van der Waals surface area contributed by atoms with E-state index in [4.69, 9.17) is 17.4 Å². The van der Waals surface area contributed by atoms with E-state index in [1.807, 2.05) is 31.2 Å². The van der Waals surface area contributed by atoms with Crippen LogP contribution in [0.5, 0.6) is 0 Å². The van der Waals surface area contributed by atoms with Crippen LogP contribution < -0.4 is 11.3 Å². The van der Waals surface area contributed by atoms with Crippen LogP contribution in [-0.4, -0.2) is 0 Å². The van der Waals surface area contributed by atoms with Gasteiger partial charge in [0.2, 0.25) is 0 Å². The molecule has 0 heterocycles. The summed E-state index contributed by atoms with van der Waals surface area (Å²) in [7, 11) is 0. The first kappa shape index (κ1) is 14.0. The summed E-state index contributed by atoms with van der Waals surface area (Å²) in [6, 6.07) is 12.2. The highest BCUT2D eigenvalue weighted by molar-refractivity contribution is 6.31. The first-order chi connectivity index (χ1) is 9.11. The number of hydrazine groups is 1. The van der Waals surface area contributed by atoms with Gasteiger partial charge in [0.15, 0.2) is 0 Å². The maximum absolute atomic E-state index is 13.3. The highest BCUT2D eigenvalue weighted by Crippen LogP contribution is 2.25. The number of halogens is 2. The van der Waals surface area contributed by atoms with Gasteiger partial charge in [-0.15, -0.1) is 0 Å². The lowest BCUT2D eigenvalue weighted by atomic mass is 9.96. The molecule has 0 radical (unpaired) electrons. The van der Waals surface area contributed by atoms with E-state index in [1.54, 1.807) is 6.07 Å². The molecule has 0 fully saturated rings. The minimum Gasteiger partial charge on any atom is -0.271 e. The average molecular weight is 279 g/mol. The predicted octanol–water partition coefficient (Wildman–Crippen LogP) is 3.53. The summed E-state index contributed by atoms with van der Waals surface area (Å²) in [5.41, 5.74) is 5.74. The van der Waals surface area contributed by atoms with Crippen molar-refractivity contribution in [2.45, 2.75) is 19.4 Å². The van der Waals surface area contributed by atoms with Crippen LogP contribution in [0.3, 0.4) is 0 Å². The van der Waals surface area contributed by atoms with Gasteiger partial charge in [-0.1, -0.05) is 35.9 Å². The van der Waals surface area contributed by atoms with Gasteiger partial charge in [-0.3, -0.25) is 11.3 Å². The molecule has 0 bridgehead atoms. The number of hydrogen-bond acceptors (Lipinski definition) is 2. The molecule has 2 rings (SSSR count). The molecular formula is C15H16ClFN2. The summed E-state index contributed by atoms with van der Waals surface area (Å²) in [6.45, 7) is 2.02. The van der Waals surface area contributed by atoms with Crippen molar-refractivity contribution in [2.24, 2.45) is 5.84 Å². The summed E-state index contributed by atoms with van der Waals surface area (Å²) in [5, 5.41) is 0.551. The van der Waals surface area contributed by atoms with Crippen LogP contribution in [0.2, 0.25) is 5.02 Å². The lowest BCUT2D eigenvalue weighted by Crippen LogP contribution is -2.30. The van der Waals surface area contributed by atoms with Crippen molar-refractivity contribution in [3.8, 4) is 0 Å². The SMILES string of the molecule is Cc1ccccc1C(Cc1cc(F)ccc1Cl)NN. The molecule has 0 saturated heterocycles. The van der Waals surface area contributed by atoms with Crippen molar-refractivity contribution in [1.29, 1.82) is 0 Å². The second kappa shape index (κ2) is 6.15. The van der Waals surface area contributed by atoms with Crippen LogP contribution in [0.15, 0.2) is 42.5 Å². The first-order valence-electron chi connectivity index (χ1n) is 6.07. The van der Waals surface area contributed by atoms with Crippen LogP contribution in [0.25, 0.3) is 0 Å². The van der Waals surface area contributed by atoms with E-state index >= 15 is 0 Å². The molecule has 1 unspecified atom stereocenters. The molecule has 0 aliphatic heterocycles. The van der Waals surface area contributed by atoms with Gasteiger partial charge in [-0.05, 0) is 48.2 Å². The molecule has 19 heavy (non-hydrogen) atoms. The standard InChI is InChI=1S/C15H16ClFN2/c1-10-4-2-3-5-13(10)15(19-18)9-11-8-12(17)6-7-14(11)16/h2-8,15,19H,9,18H2,1H3. The van der Waals surface area contributed by atoms with Gasteiger partial charge < -0.3 is 0 Å². The third-order valence-corrected chi connectivity index (χ3v) is 3.57. The van der Waals surface area contributed by atoms with E-state index in [9.17, 15) is 4.39 Å². The maximum atomic E-state index is 13.3. The zero-order valence-electron chi connectivity index (χ0n) is 10.7. The van der Waals surface area contributed by atoms with Gasteiger partial charge in [-0.2, -0.15) is 0 Å². The topological polar surface area (TPSA) is 38.0 Å². The Morgan fingerprint density at radius 2 is 2.00 bits per heavy atom. The number of nitrogens with one attached hydrogen (secondary N) is 1. The molecule has 0 aromatic heterocycles. The van der Waals surface area contributed by atoms with Crippen molar-refractivity contribution in [2.75, 3.05) is 0 Å². The second-order valence-corrected chi connectivity index (χ2v) is 4.92. The van der Waals surface area contributed by atoms with Crippen molar-refractivity contribution in [3.05, 3.63) is 70.0 Å². The van der Waals surface area contributed by atoms with E-state index in [2.05, 4.69) is 5.43 Å². The van der Waals surface area contributed by atoms with E-state index < -0.39 is 0 Å². The molecule has 0 saturated carbocycles. The Morgan fingerprint density at radius 3 is 2.68 bits per heavy atom. The Morgan fingerprint density at radius 1 is 1.26 bits per heavy atom. The molecule has 1 atom stereocenters. The minimum atomic E-state index is -0.292. The fourth-order valence-corrected chi connectivity index (χ4v) is 2.35. The van der Waals surface area contributed by atoms with E-state index in [-0.39, 0.29) is 11.9 Å². The Hall–Kier alpha value is -1.42. The number of hydrogen-bond donors (Lipinski definition) is 2. The zero-order chi connectivity index (χ0) is 13.8. The van der Waals surface area contributed by atoms with Gasteiger partial charge in [0.25, 0.3) is 0 Å². The molecule has 0 amide bonds. The molecule has 3 N–H and O–H groups in total. The van der Waals surface area contributed by atoms with E-state index in [1.165, 1.54) is 12.1 Å². The molecule has 2 aromatic rings. The molecule has 0 aliphatic carbocycles. The van der Waals surface area contributed by atoms with Crippen molar-refractivity contribution >= 4 is 11.6 Å². The summed E-state index contributed by atoms with van der Waals surface area (Å²) in [5.74, 6) is 5.33. The van der Waals surface area contributed by atoms with Gasteiger partial charge >= 0.3 is 0 Å². The van der Waals surface area contributed by atoms with Crippen LogP contribution in [0.1, 0.15) is 22.7 Å². The van der Waals surface area contributed by atoms with Gasteiger partial charge in [-0.25, -0.2) is 4.39 Å². The van der Waals surface area contributed by atoms with E-state index in [0.29, 0.717) is 11.4 Å². The van der Waals surface area contributed by atoms with Crippen LogP contribution in [0, 0.1) is 12.7 Å². The molecular weight excluding hydrogens is 263 g/mol. The Bertz CT molecular complexity index is 572. The fourth-order valence-electron chi connectivity index (χ4n) is 2.16. The predicted molar refractivity (Wildman–Crippen MR) is 76.4 cm³/mol. The lowest BCUT2D eigenvalue weighted by molar-refractivity contribution is 0.546. The van der Waals surface area contributed by atoms with E-state index in [0.717, 1.165) is 16.7 Å². The Labute approximate surface area is 117 Å². The number of rotatable bonds is 4. The van der Waals surface area contributed by atoms with Crippen molar-refractivity contribution in [1.82, 2.24) is 5.43 Å². The van der Waals surface area contributed by atoms with Gasteiger partial charge in [0.05, 0.1) is 6.04 Å². The maximum Gasteiger partial charge on any atom is 0.123 e. The first-order valence-corrected chi connectivity index (χ1v) is 6.45. The summed E-state index contributed by atoms with van der Waals surface area (Å²) in [6.07, 6.45) is 0.540. The Balaban J connectivity index is 2.29. The van der Waals surface area contributed by atoms with Crippen molar-refractivity contribution < 1.29 is 4.39 Å². The average Bonchev–Trinajstić information content (AvgIpc) is 2.41. The lowest BCUT2D eigenvalue weighted by Gasteiger charge is -2.19. The fraction of sp³-hybridized carbons (Fsp3) is 0.200. The normalized spacial score (nSPS) is 12.4. The molecule has 0 aliphatic rings. The van der Waals surface area contributed by atoms with Crippen LogP contribution in [-0.2, 0) is 6.42 Å². The number of nitrogens with two attached hydrogens (primary N) is 1. The highest BCUT2D eigenvalue weighted by atomic mass is 35.5. The molecule has 2 nitrogen and oxygen atoms in total. The van der Waals surface area contributed by atoms with Crippen molar-refractivity contribution in [3.63, 3.8) is 0 Å². The van der Waals surface area contributed by atoms with Gasteiger partial charge in [0.1, 0.15) is 5.82 Å². The minimum absolute atomic E-state index is 0.0968. The van der Waals surface area contributed by atoms with Crippen LogP contribution >= 0.6 is 11.6 Å². The number of benzene rings is 2. The summed E-state index contributed by atoms with van der Waals surface area (Å²) in [4.78, 5) is 0. The largest absolute Gasteiger partial charge is 0.271 e. The quantitative estimate of drug-likeness (QED) is 0.663. The summed E-state index contributed by atoms with van der Waals surface area (Å²) < 4.78 is 13.3. The number of aryl methyl sites for hydroxylation is 1. The second-order valence-electron chi connectivity index (χ2n) is 4.52. The highest BCUT2D eigenvalue weighted by Gasteiger charge is 2.14. The third-order valence-electron chi connectivity index (χ3n) is 3.20. The molecule has 2 aromatic carbocycles.